The van der Waals surface area contributed by atoms with Crippen LogP contribution in [0.1, 0.15) is 60.4 Å². The van der Waals surface area contributed by atoms with Crippen molar-refractivity contribution in [2.75, 3.05) is 12.4 Å². The number of carbonyl (C=O) groups excluding carboxylic acids is 2. The van der Waals surface area contributed by atoms with Gasteiger partial charge in [0.1, 0.15) is 5.75 Å². The zero-order chi connectivity index (χ0) is 28.3. The van der Waals surface area contributed by atoms with E-state index in [1.165, 1.54) is 0 Å². The predicted octanol–water partition coefficient (Wildman–Crippen LogP) is 6.61. The second kappa shape index (κ2) is 9.52. The Morgan fingerprint density at radius 1 is 0.923 bits per heavy atom. The van der Waals surface area contributed by atoms with Crippen LogP contribution in [0.25, 0.3) is 10.9 Å². The fourth-order valence-electron chi connectivity index (χ4n) is 5.74. The molecular formula is C31H31ClN3O4. The molecule has 1 amide bonds. The van der Waals surface area contributed by atoms with Gasteiger partial charge in [0.15, 0.2) is 0 Å². The summed E-state index contributed by atoms with van der Waals surface area (Å²) >= 11 is 6.02. The average molecular weight is 545 g/mol. The van der Waals surface area contributed by atoms with Gasteiger partial charge in [-0.2, -0.15) is 0 Å². The van der Waals surface area contributed by atoms with Crippen LogP contribution in [-0.2, 0) is 27.5 Å². The number of fused-ring (bicyclic) bond motifs is 2. The molecule has 7 nitrogen and oxygen atoms in total. The quantitative estimate of drug-likeness (QED) is 0.306. The molecule has 39 heavy (non-hydrogen) atoms. The standard InChI is InChI=1S/C31H31ClN3O4/c1-18-23(17-28(36)33-21-11-13-25-26(15-21)31(4,5)35(38)30(25,2)3)24-16-22(39-6)12-14-27(24)34(18)29(37)19-7-9-20(32)10-8-19/h7-16H,17H2,1-6H3,(H,33,36). The first-order valence-corrected chi connectivity index (χ1v) is 13.1. The van der Waals surface area contributed by atoms with Crippen molar-refractivity contribution < 1.29 is 19.5 Å². The van der Waals surface area contributed by atoms with Crippen molar-refractivity contribution in [2.45, 2.75) is 52.1 Å². The number of ether oxygens (including phenoxy) is 1. The highest BCUT2D eigenvalue weighted by atomic mass is 35.5. The molecular weight excluding hydrogens is 514 g/mol. The van der Waals surface area contributed by atoms with E-state index in [-0.39, 0.29) is 18.2 Å². The minimum absolute atomic E-state index is 0.0516. The molecule has 201 valence electrons. The van der Waals surface area contributed by atoms with Gasteiger partial charge in [-0.25, -0.2) is 0 Å². The third kappa shape index (κ3) is 4.40. The van der Waals surface area contributed by atoms with Gasteiger partial charge in [-0.15, -0.1) is 10.3 Å². The average Bonchev–Trinajstić information content (AvgIpc) is 3.24. The van der Waals surface area contributed by atoms with E-state index < -0.39 is 11.1 Å². The SMILES string of the molecule is COc1ccc2c(c1)c(CC(=O)Nc1ccc3c(c1)C(C)(C)N([O])C3(C)C)c(C)n2C(=O)c1ccc(Cl)cc1. The maximum absolute atomic E-state index is 13.5. The zero-order valence-electron chi connectivity index (χ0n) is 22.9. The van der Waals surface area contributed by atoms with E-state index in [0.717, 1.165) is 27.1 Å². The lowest BCUT2D eigenvalue weighted by Crippen LogP contribution is -2.41. The topological polar surface area (TPSA) is 83.5 Å². The van der Waals surface area contributed by atoms with Crippen molar-refractivity contribution >= 4 is 40.0 Å². The highest BCUT2D eigenvalue weighted by Gasteiger charge is 2.50. The Labute approximate surface area is 232 Å². The monoisotopic (exact) mass is 544 g/mol. The van der Waals surface area contributed by atoms with E-state index in [2.05, 4.69) is 5.32 Å². The second-order valence-corrected chi connectivity index (χ2v) is 11.4. The fraction of sp³-hybridized carbons (Fsp3) is 0.290. The number of anilines is 1. The molecule has 1 N–H and O–H groups in total. The van der Waals surface area contributed by atoms with Crippen molar-refractivity contribution in [3.05, 3.63) is 93.6 Å². The van der Waals surface area contributed by atoms with Crippen LogP contribution in [0, 0.1) is 6.92 Å². The summed E-state index contributed by atoms with van der Waals surface area (Å²) in [6.07, 6.45) is 0.0516. The number of nitrogens with zero attached hydrogens (tertiary/aromatic N) is 2. The maximum atomic E-state index is 13.5. The van der Waals surface area contributed by atoms with Crippen LogP contribution in [0.5, 0.6) is 5.75 Å². The van der Waals surface area contributed by atoms with Gasteiger partial charge in [0.25, 0.3) is 5.91 Å². The van der Waals surface area contributed by atoms with Gasteiger partial charge in [-0.1, -0.05) is 17.7 Å². The smallest absolute Gasteiger partial charge is 0.262 e. The lowest BCUT2D eigenvalue weighted by molar-refractivity contribution is -0.266. The molecule has 0 aliphatic carbocycles. The fourth-order valence-corrected chi connectivity index (χ4v) is 5.87. The molecule has 1 aromatic heterocycles. The van der Waals surface area contributed by atoms with Crippen LogP contribution < -0.4 is 10.1 Å². The van der Waals surface area contributed by atoms with Gasteiger partial charge in [-0.3, -0.25) is 14.2 Å². The number of amides is 1. The van der Waals surface area contributed by atoms with Gasteiger partial charge in [0.2, 0.25) is 5.91 Å². The van der Waals surface area contributed by atoms with Crippen molar-refractivity contribution in [3.63, 3.8) is 0 Å². The van der Waals surface area contributed by atoms with Crippen molar-refractivity contribution in [1.82, 2.24) is 9.63 Å². The number of hydrogen-bond acceptors (Lipinski definition) is 4. The molecule has 0 saturated carbocycles. The van der Waals surface area contributed by atoms with Crippen LogP contribution in [0.3, 0.4) is 0 Å². The van der Waals surface area contributed by atoms with E-state index in [1.807, 2.05) is 65.0 Å². The first kappa shape index (κ1) is 26.9. The Hall–Kier alpha value is -3.65. The van der Waals surface area contributed by atoms with Gasteiger partial charge < -0.3 is 10.1 Å². The Balaban J connectivity index is 1.50. The summed E-state index contributed by atoms with van der Waals surface area (Å²) in [5.41, 5.74) is 3.67. The summed E-state index contributed by atoms with van der Waals surface area (Å²) in [5, 5.41) is 18.4. The summed E-state index contributed by atoms with van der Waals surface area (Å²) in [7, 11) is 1.58. The highest BCUT2D eigenvalue weighted by molar-refractivity contribution is 6.30. The lowest BCUT2D eigenvalue weighted by atomic mass is 9.90. The minimum Gasteiger partial charge on any atom is -0.497 e. The molecule has 0 unspecified atom stereocenters. The molecule has 0 atom stereocenters. The van der Waals surface area contributed by atoms with Gasteiger partial charge in [0, 0.05) is 27.4 Å². The molecule has 3 aromatic carbocycles. The van der Waals surface area contributed by atoms with Crippen LogP contribution in [0.2, 0.25) is 5.02 Å². The number of aromatic nitrogens is 1. The number of benzene rings is 3. The maximum Gasteiger partial charge on any atom is 0.262 e. The van der Waals surface area contributed by atoms with Crippen molar-refractivity contribution in [1.29, 1.82) is 0 Å². The molecule has 1 aliphatic rings. The highest BCUT2D eigenvalue weighted by Crippen LogP contribution is 2.49. The molecule has 2 heterocycles. The molecule has 0 bridgehead atoms. The van der Waals surface area contributed by atoms with E-state index in [4.69, 9.17) is 16.3 Å². The van der Waals surface area contributed by atoms with Crippen LogP contribution in [-0.4, -0.2) is 28.6 Å². The number of carbonyl (C=O) groups is 2. The first-order chi connectivity index (χ1) is 18.4. The van der Waals surface area contributed by atoms with E-state index in [1.54, 1.807) is 42.0 Å². The Morgan fingerprint density at radius 2 is 1.59 bits per heavy atom. The molecule has 0 spiro atoms. The number of halogens is 1. The summed E-state index contributed by atoms with van der Waals surface area (Å²) in [6.45, 7) is 9.44. The number of nitrogens with one attached hydrogen (secondary N) is 1. The van der Waals surface area contributed by atoms with E-state index >= 15 is 0 Å². The molecule has 5 rings (SSSR count). The predicted molar refractivity (Wildman–Crippen MR) is 152 cm³/mol. The summed E-state index contributed by atoms with van der Waals surface area (Å²) in [5.74, 6) is 0.190. The molecule has 1 aliphatic heterocycles. The molecule has 0 fully saturated rings. The largest absolute Gasteiger partial charge is 0.497 e. The molecule has 0 saturated heterocycles. The minimum atomic E-state index is -0.720. The number of rotatable bonds is 5. The zero-order valence-corrected chi connectivity index (χ0v) is 23.6. The summed E-state index contributed by atoms with van der Waals surface area (Å²) < 4.78 is 7.06. The van der Waals surface area contributed by atoms with E-state index in [0.29, 0.717) is 33.2 Å². The van der Waals surface area contributed by atoms with Crippen molar-refractivity contribution in [2.24, 2.45) is 0 Å². The van der Waals surface area contributed by atoms with Crippen molar-refractivity contribution in [3.8, 4) is 5.75 Å². The molecule has 1 radical (unpaired) electrons. The van der Waals surface area contributed by atoms with Gasteiger partial charge >= 0.3 is 0 Å². The summed E-state index contributed by atoms with van der Waals surface area (Å²) in [6, 6.07) is 17.8. The Kier molecular flexibility index (Phi) is 6.58. The summed E-state index contributed by atoms with van der Waals surface area (Å²) in [4.78, 5) is 26.9. The Bertz CT molecular complexity index is 1620. The number of hydroxylamine groups is 2. The normalized spacial score (nSPS) is 15.8. The van der Waals surface area contributed by atoms with Crippen LogP contribution >= 0.6 is 11.6 Å². The number of methoxy groups -OCH3 is 1. The second-order valence-electron chi connectivity index (χ2n) is 11.0. The van der Waals surface area contributed by atoms with Gasteiger partial charge in [-0.05, 0) is 106 Å². The first-order valence-electron chi connectivity index (χ1n) is 12.8. The van der Waals surface area contributed by atoms with Crippen LogP contribution in [0.4, 0.5) is 5.69 Å². The third-order valence-corrected chi connectivity index (χ3v) is 8.06. The Morgan fingerprint density at radius 3 is 2.26 bits per heavy atom. The van der Waals surface area contributed by atoms with Crippen LogP contribution in [0.15, 0.2) is 60.7 Å². The van der Waals surface area contributed by atoms with Gasteiger partial charge in [0.05, 0.1) is 30.1 Å². The lowest BCUT2D eigenvalue weighted by Gasteiger charge is -2.32. The van der Waals surface area contributed by atoms with E-state index in [9.17, 15) is 14.8 Å². The molecule has 4 aromatic rings. The number of hydrogen-bond donors (Lipinski definition) is 1. The third-order valence-electron chi connectivity index (χ3n) is 7.81. The molecule has 8 heteroatoms.